The van der Waals surface area contributed by atoms with Gasteiger partial charge in [0.15, 0.2) is 18.0 Å². The molecule has 29 heavy (non-hydrogen) atoms. The lowest BCUT2D eigenvalue weighted by Crippen LogP contribution is -3.11. The molecule has 2 aliphatic rings. The normalized spacial score (nSPS) is 20.9. The van der Waals surface area contributed by atoms with Crippen molar-refractivity contribution in [1.82, 2.24) is 0 Å². The molecular weight excluding hydrogens is 364 g/mol. The Kier molecular flexibility index (Phi) is 5.76. The van der Waals surface area contributed by atoms with Crippen LogP contribution in [0.3, 0.4) is 0 Å². The van der Waals surface area contributed by atoms with Crippen molar-refractivity contribution in [2.75, 3.05) is 31.6 Å². The summed E-state index contributed by atoms with van der Waals surface area (Å²) in [6.07, 6.45) is 3.12. The number of nitrogens with one attached hydrogen (secondary N) is 2. The third-order valence-electron chi connectivity index (χ3n) is 5.99. The zero-order valence-corrected chi connectivity index (χ0v) is 17.6. The summed E-state index contributed by atoms with van der Waals surface area (Å²) >= 11 is 0. The van der Waals surface area contributed by atoms with Crippen LogP contribution in [-0.2, 0) is 4.79 Å². The van der Waals surface area contributed by atoms with Crippen LogP contribution >= 0.6 is 0 Å². The van der Waals surface area contributed by atoms with Crippen molar-refractivity contribution >= 4 is 11.6 Å². The number of carbonyl (C=O) groups is 1. The number of ether oxygens (including phenoxy) is 2. The molecule has 4 rings (SSSR count). The summed E-state index contributed by atoms with van der Waals surface area (Å²) in [6.45, 7) is 9.07. The van der Waals surface area contributed by atoms with Crippen molar-refractivity contribution < 1.29 is 19.2 Å². The van der Waals surface area contributed by atoms with Crippen molar-refractivity contribution in [2.24, 2.45) is 0 Å². The summed E-state index contributed by atoms with van der Waals surface area (Å²) in [5.41, 5.74) is 5.64. The molecule has 1 unspecified atom stereocenters. The fourth-order valence-corrected chi connectivity index (χ4v) is 4.69. The molecule has 2 aromatic carbocycles. The monoisotopic (exact) mass is 395 g/mol. The highest BCUT2D eigenvalue weighted by Gasteiger charge is 2.32. The smallest absolute Gasteiger partial charge is 0.279 e. The summed E-state index contributed by atoms with van der Waals surface area (Å²) < 4.78 is 11.6. The average molecular weight is 396 g/mol. The van der Waals surface area contributed by atoms with Crippen LogP contribution in [0, 0.1) is 20.8 Å². The Morgan fingerprint density at radius 3 is 2.52 bits per heavy atom. The van der Waals surface area contributed by atoms with Crippen LogP contribution in [0.25, 0.3) is 0 Å². The minimum atomic E-state index is 0.0799. The van der Waals surface area contributed by atoms with E-state index in [1.54, 1.807) is 0 Å². The van der Waals surface area contributed by atoms with E-state index in [1.165, 1.54) is 16.0 Å². The number of carbonyl (C=O) groups excluding carboxylic acids is 1. The highest BCUT2D eigenvalue weighted by Crippen LogP contribution is 2.33. The van der Waals surface area contributed by atoms with Gasteiger partial charge in [-0.3, -0.25) is 4.79 Å². The van der Waals surface area contributed by atoms with Gasteiger partial charge in [-0.15, -0.1) is 0 Å². The van der Waals surface area contributed by atoms with Crippen molar-refractivity contribution in [3.63, 3.8) is 0 Å². The molecule has 2 heterocycles. The summed E-state index contributed by atoms with van der Waals surface area (Å²) in [5, 5.41) is 3.16. The number of rotatable bonds is 4. The van der Waals surface area contributed by atoms with Gasteiger partial charge in [0, 0.05) is 30.5 Å². The number of fused-ring (bicyclic) bond motifs is 1. The summed E-state index contributed by atoms with van der Waals surface area (Å²) in [4.78, 5) is 14.2. The Morgan fingerprint density at radius 1 is 1.03 bits per heavy atom. The van der Waals surface area contributed by atoms with Gasteiger partial charge in [0.25, 0.3) is 5.91 Å². The fourth-order valence-electron chi connectivity index (χ4n) is 4.69. The van der Waals surface area contributed by atoms with E-state index in [4.69, 9.17) is 9.47 Å². The van der Waals surface area contributed by atoms with Crippen LogP contribution in [0.4, 0.5) is 5.69 Å². The second kappa shape index (κ2) is 8.46. The van der Waals surface area contributed by atoms with E-state index in [9.17, 15) is 4.79 Å². The van der Waals surface area contributed by atoms with Crippen LogP contribution in [0.5, 0.6) is 11.5 Å². The van der Waals surface area contributed by atoms with Crippen molar-refractivity contribution in [1.29, 1.82) is 0 Å². The maximum atomic E-state index is 12.8. The van der Waals surface area contributed by atoms with E-state index in [0.29, 0.717) is 25.8 Å². The lowest BCUT2D eigenvalue weighted by molar-refractivity contribution is -0.910. The van der Waals surface area contributed by atoms with E-state index >= 15 is 0 Å². The molecule has 5 heteroatoms. The Balaban J connectivity index is 1.46. The maximum absolute atomic E-state index is 12.8. The summed E-state index contributed by atoms with van der Waals surface area (Å²) in [5.74, 6) is 1.74. The zero-order chi connectivity index (χ0) is 20.4. The fraction of sp³-hybridized carbons (Fsp3) is 0.458. The molecule has 0 radical (unpaired) electrons. The molecule has 154 valence electrons. The highest BCUT2D eigenvalue weighted by molar-refractivity contribution is 5.93. The van der Waals surface area contributed by atoms with E-state index in [1.807, 2.05) is 6.07 Å². The molecule has 2 atom stereocenters. The van der Waals surface area contributed by atoms with Crippen molar-refractivity contribution in [3.05, 3.63) is 52.6 Å². The molecule has 2 N–H and O–H groups in total. The topological polar surface area (TPSA) is 52.0 Å². The number of likely N-dealkylation sites (tertiary alicyclic amines) is 1. The summed E-state index contributed by atoms with van der Waals surface area (Å²) in [6, 6.07) is 10.8. The summed E-state index contributed by atoms with van der Waals surface area (Å²) in [7, 11) is 0. The first-order valence-electron chi connectivity index (χ1n) is 10.6. The Labute approximate surface area is 173 Å². The minimum Gasteiger partial charge on any atom is -0.490 e. The molecule has 0 aromatic heterocycles. The zero-order valence-electron chi connectivity index (χ0n) is 17.6. The SMILES string of the molecule is Cc1cc(C)c(NC(=O)C[NH+]2CCC[C@@H]2c2ccc3c(c2)OCCCO3)c(C)c1. The van der Waals surface area contributed by atoms with Crippen LogP contribution in [0.2, 0.25) is 0 Å². The number of aryl methyl sites for hydroxylation is 3. The average Bonchev–Trinajstić information content (AvgIpc) is 3.00. The van der Waals surface area contributed by atoms with E-state index < -0.39 is 0 Å². The molecule has 1 saturated heterocycles. The van der Waals surface area contributed by atoms with Crippen LogP contribution in [-0.4, -0.2) is 32.2 Å². The molecule has 5 nitrogen and oxygen atoms in total. The molecule has 0 aliphatic carbocycles. The third kappa shape index (κ3) is 4.40. The first kappa shape index (κ1) is 19.8. The number of hydrogen-bond donors (Lipinski definition) is 2. The number of hydrogen-bond acceptors (Lipinski definition) is 3. The number of quaternary nitrogens is 1. The van der Waals surface area contributed by atoms with E-state index in [2.05, 4.69) is 50.4 Å². The van der Waals surface area contributed by atoms with Crippen LogP contribution < -0.4 is 19.7 Å². The van der Waals surface area contributed by atoms with Gasteiger partial charge < -0.3 is 19.7 Å². The van der Waals surface area contributed by atoms with Gasteiger partial charge in [0.05, 0.1) is 19.8 Å². The van der Waals surface area contributed by atoms with Gasteiger partial charge in [0.1, 0.15) is 6.04 Å². The van der Waals surface area contributed by atoms with Crippen molar-refractivity contribution in [2.45, 2.75) is 46.1 Å². The van der Waals surface area contributed by atoms with E-state index in [0.717, 1.165) is 54.1 Å². The highest BCUT2D eigenvalue weighted by atomic mass is 16.5. The quantitative estimate of drug-likeness (QED) is 0.836. The molecule has 0 saturated carbocycles. The number of anilines is 1. The Bertz CT molecular complexity index is 886. The lowest BCUT2D eigenvalue weighted by Gasteiger charge is -2.22. The minimum absolute atomic E-state index is 0.0799. The molecule has 1 amide bonds. The second-order valence-corrected chi connectivity index (χ2v) is 8.36. The standard InChI is InChI=1S/C24H30N2O3/c1-16-12-17(2)24(18(3)13-16)25-23(27)15-26-9-4-6-20(26)19-7-8-21-22(14-19)29-11-5-10-28-21/h7-8,12-14,20H,4-6,9-11,15H2,1-3H3,(H,25,27)/p+1/t20-/m1/s1. The van der Waals surface area contributed by atoms with Gasteiger partial charge >= 0.3 is 0 Å². The number of amides is 1. The van der Waals surface area contributed by atoms with Crippen LogP contribution in [0.1, 0.15) is 47.6 Å². The Hall–Kier alpha value is -2.53. The van der Waals surface area contributed by atoms with Gasteiger partial charge in [0.2, 0.25) is 0 Å². The van der Waals surface area contributed by atoms with Gasteiger partial charge in [-0.2, -0.15) is 0 Å². The second-order valence-electron chi connectivity index (χ2n) is 8.36. The first-order valence-corrected chi connectivity index (χ1v) is 10.6. The maximum Gasteiger partial charge on any atom is 0.279 e. The lowest BCUT2D eigenvalue weighted by atomic mass is 10.0. The van der Waals surface area contributed by atoms with Gasteiger partial charge in [-0.1, -0.05) is 17.7 Å². The largest absolute Gasteiger partial charge is 0.490 e. The molecule has 1 fully saturated rings. The van der Waals surface area contributed by atoms with Crippen LogP contribution in [0.15, 0.2) is 30.3 Å². The van der Waals surface area contributed by atoms with Gasteiger partial charge in [-0.25, -0.2) is 0 Å². The molecule has 2 aromatic rings. The first-order chi connectivity index (χ1) is 14.0. The predicted octanol–water partition coefficient (Wildman–Crippen LogP) is 3.13. The van der Waals surface area contributed by atoms with Crippen molar-refractivity contribution in [3.8, 4) is 11.5 Å². The number of benzene rings is 2. The van der Waals surface area contributed by atoms with E-state index in [-0.39, 0.29) is 5.91 Å². The van der Waals surface area contributed by atoms with Gasteiger partial charge in [-0.05, 0) is 50.1 Å². The predicted molar refractivity (Wildman–Crippen MR) is 114 cm³/mol. The Morgan fingerprint density at radius 2 is 1.76 bits per heavy atom. The third-order valence-corrected chi connectivity index (χ3v) is 5.99. The molecule has 2 aliphatic heterocycles. The molecule has 0 spiro atoms. The molecule has 0 bridgehead atoms. The molecular formula is C24H31N2O3+.